The third-order valence-corrected chi connectivity index (χ3v) is 2.58. The van der Waals surface area contributed by atoms with Crippen molar-refractivity contribution >= 4 is 11.7 Å². The smallest absolute Gasteiger partial charge is 0.307 e. The van der Waals surface area contributed by atoms with Gasteiger partial charge in [-0.15, -0.1) is 0 Å². The molecule has 0 spiro atoms. The SMILES string of the molecule is Nc1ccc(-c2ccccc2CC(=O)O)cc1. The molecule has 0 heterocycles. The van der Waals surface area contributed by atoms with Gasteiger partial charge in [0, 0.05) is 5.69 Å². The molecule has 0 aliphatic carbocycles. The van der Waals surface area contributed by atoms with Crippen LogP contribution in [0.3, 0.4) is 0 Å². The van der Waals surface area contributed by atoms with E-state index in [1.54, 1.807) is 0 Å². The fraction of sp³-hybridized carbons (Fsp3) is 0.0714. The van der Waals surface area contributed by atoms with E-state index in [9.17, 15) is 4.79 Å². The van der Waals surface area contributed by atoms with E-state index in [2.05, 4.69) is 0 Å². The van der Waals surface area contributed by atoms with Crippen molar-refractivity contribution in [2.24, 2.45) is 0 Å². The van der Waals surface area contributed by atoms with E-state index in [1.165, 1.54) is 0 Å². The van der Waals surface area contributed by atoms with E-state index in [0.29, 0.717) is 5.69 Å². The van der Waals surface area contributed by atoms with Gasteiger partial charge in [0.1, 0.15) is 0 Å². The van der Waals surface area contributed by atoms with Crippen molar-refractivity contribution in [2.75, 3.05) is 5.73 Å². The predicted octanol–water partition coefficient (Wildman–Crippen LogP) is 2.56. The summed E-state index contributed by atoms with van der Waals surface area (Å²) in [4.78, 5) is 10.8. The van der Waals surface area contributed by atoms with Gasteiger partial charge in [-0.1, -0.05) is 36.4 Å². The third-order valence-electron chi connectivity index (χ3n) is 2.58. The number of hydrogen-bond acceptors (Lipinski definition) is 2. The van der Waals surface area contributed by atoms with Gasteiger partial charge in [-0.3, -0.25) is 4.79 Å². The number of anilines is 1. The molecule has 2 aromatic rings. The van der Waals surface area contributed by atoms with Crippen LogP contribution in [-0.2, 0) is 11.2 Å². The maximum absolute atomic E-state index is 10.8. The first-order chi connectivity index (χ1) is 8.16. The molecule has 0 unspecified atom stereocenters. The molecule has 86 valence electrons. The third kappa shape index (κ3) is 2.64. The van der Waals surface area contributed by atoms with Crippen molar-refractivity contribution in [3.63, 3.8) is 0 Å². The summed E-state index contributed by atoms with van der Waals surface area (Å²) < 4.78 is 0. The Kier molecular flexibility index (Phi) is 3.10. The first kappa shape index (κ1) is 11.2. The Morgan fingerprint density at radius 2 is 1.71 bits per heavy atom. The van der Waals surface area contributed by atoms with Crippen molar-refractivity contribution in [3.05, 3.63) is 54.1 Å². The largest absolute Gasteiger partial charge is 0.481 e. The number of carbonyl (C=O) groups is 1. The van der Waals surface area contributed by atoms with Gasteiger partial charge < -0.3 is 10.8 Å². The number of nitrogen functional groups attached to an aromatic ring is 1. The van der Waals surface area contributed by atoms with Crippen molar-refractivity contribution in [1.82, 2.24) is 0 Å². The van der Waals surface area contributed by atoms with E-state index in [-0.39, 0.29) is 6.42 Å². The van der Waals surface area contributed by atoms with Crippen LogP contribution in [0.1, 0.15) is 5.56 Å². The van der Waals surface area contributed by atoms with Gasteiger partial charge in [-0.05, 0) is 28.8 Å². The highest BCUT2D eigenvalue weighted by molar-refractivity contribution is 5.77. The van der Waals surface area contributed by atoms with Gasteiger partial charge in [0.2, 0.25) is 0 Å². The van der Waals surface area contributed by atoms with Crippen molar-refractivity contribution in [2.45, 2.75) is 6.42 Å². The summed E-state index contributed by atoms with van der Waals surface area (Å²) in [7, 11) is 0. The monoisotopic (exact) mass is 227 g/mol. The second-order valence-electron chi connectivity index (χ2n) is 3.85. The van der Waals surface area contributed by atoms with E-state index in [1.807, 2.05) is 48.5 Å². The lowest BCUT2D eigenvalue weighted by atomic mass is 9.97. The van der Waals surface area contributed by atoms with Crippen LogP contribution < -0.4 is 5.73 Å². The minimum Gasteiger partial charge on any atom is -0.481 e. The van der Waals surface area contributed by atoms with Crippen LogP contribution in [-0.4, -0.2) is 11.1 Å². The molecule has 0 aliphatic heterocycles. The van der Waals surface area contributed by atoms with Gasteiger partial charge in [-0.25, -0.2) is 0 Å². The zero-order valence-electron chi connectivity index (χ0n) is 9.26. The van der Waals surface area contributed by atoms with E-state index < -0.39 is 5.97 Å². The Labute approximate surface area is 99.5 Å². The molecule has 2 rings (SSSR count). The van der Waals surface area contributed by atoms with Crippen LogP contribution in [0, 0.1) is 0 Å². The summed E-state index contributed by atoms with van der Waals surface area (Å²) in [5.74, 6) is -0.826. The number of aliphatic carboxylic acids is 1. The lowest BCUT2D eigenvalue weighted by Crippen LogP contribution is -2.01. The second-order valence-corrected chi connectivity index (χ2v) is 3.85. The lowest BCUT2D eigenvalue weighted by Gasteiger charge is -2.08. The Hall–Kier alpha value is -2.29. The zero-order valence-corrected chi connectivity index (χ0v) is 9.26. The van der Waals surface area contributed by atoms with Crippen LogP contribution in [0.25, 0.3) is 11.1 Å². The fourth-order valence-electron chi connectivity index (χ4n) is 1.78. The molecule has 0 amide bonds. The van der Waals surface area contributed by atoms with E-state index in [4.69, 9.17) is 10.8 Å². The van der Waals surface area contributed by atoms with Crippen molar-refractivity contribution < 1.29 is 9.90 Å². The van der Waals surface area contributed by atoms with Gasteiger partial charge >= 0.3 is 5.97 Å². The molecule has 0 aliphatic rings. The zero-order chi connectivity index (χ0) is 12.3. The Bertz CT molecular complexity index is 532. The first-order valence-corrected chi connectivity index (χ1v) is 5.32. The lowest BCUT2D eigenvalue weighted by molar-refractivity contribution is -0.136. The normalized spacial score (nSPS) is 10.1. The Balaban J connectivity index is 2.44. The highest BCUT2D eigenvalue weighted by atomic mass is 16.4. The summed E-state index contributed by atoms with van der Waals surface area (Å²) in [5, 5.41) is 8.86. The van der Waals surface area contributed by atoms with Crippen LogP contribution in [0.2, 0.25) is 0 Å². The van der Waals surface area contributed by atoms with Crippen molar-refractivity contribution in [1.29, 1.82) is 0 Å². The molecule has 0 fully saturated rings. The number of rotatable bonds is 3. The first-order valence-electron chi connectivity index (χ1n) is 5.32. The molecule has 3 N–H and O–H groups in total. The molecule has 0 aromatic heterocycles. The Morgan fingerprint density at radius 3 is 2.35 bits per heavy atom. The van der Waals surface area contributed by atoms with Gasteiger partial charge in [0.25, 0.3) is 0 Å². The van der Waals surface area contributed by atoms with Crippen LogP contribution >= 0.6 is 0 Å². The molecule has 17 heavy (non-hydrogen) atoms. The topological polar surface area (TPSA) is 63.3 Å². The summed E-state index contributed by atoms with van der Waals surface area (Å²) >= 11 is 0. The number of hydrogen-bond donors (Lipinski definition) is 2. The molecule has 0 saturated heterocycles. The Morgan fingerprint density at radius 1 is 1.06 bits per heavy atom. The molecule has 3 heteroatoms. The summed E-state index contributed by atoms with van der Waals surface area (Å²) in [6, 6.07) is 14.9. The summed E-state index contributed by atoms with van der Waals surface area (Å²) in [5.41, 5.74) is 9.06. The second kappa shape index (κ2) is 4.70. The standard InChI is InChI=1S/C14H13NO2/c15-12-7-5-10(6-8-12)13-4-2-1-3-11(13)9-14(16)17/h1-8H,9,15H2,(H,16,17). The molecule has 0 bridgehead atoms. The molecule has 2 aromatic carbocycles. The quantitative estimate of drug-likeness (QED) is 0.792. The fourth-order valence-corrected chi connectivity index (χ4v) is 1.78. The summed E-state index contributed by atoms with van der Waals surface area (Å²) in [6.07, 6.45) is 0.0283. The highest BCUT2D eigenvalue weighted by Crippen LogP contribution is 2.24. The maximum Gasteiger partial charge on any atom is 0.307 e. The highest BCUT2D eigenvalue weighted by Gasteiger charge is 2.07. The molecule has 0 radical (unpaired) electrons. The van der Waals surface area contributed by atoms with E-state index >= 15 is 0 Å². The van der Waals surface area contributed by atoms with Crippen molar-refractivity contribution in [3.8, 4) is 11.1 Å². The van der Waals surface area contributed by atoms with Crippen LogP contribution in [0.15, 0.2) is 48.5 Å². The predicted molar refractivity (Wildman–Crippen MR) is 67.6 cm³/mol. The minimum absolute atomic E-state index is 0.0283. The van der Waals surface area contributed by atoms with Gasteiger partial charge in [0.05, 0.1) is 6.42 Å². The van der Waals surface area contributed by atoms with Gasteiger partial charge in [0.15, 0.2) is 0 Å². The average Bonchev–Trinajstić information content (AvgIpc) is 2.30. The molecular formula is C14H13NO2. The van der Waals surface area contributed by atoms with Crippen LogP contribution in [0.5, 0.6) is 0 Å². The number of carboxylic acid groups (broad SMARTS) is 1. The van der Waals surface area contributed by atoms with Gasteiger partial charge in [-0.2, -0.15) is 0 Å². The summed E-state index contributed by atoms with van der Waals surface area (Å²) in [6.45, 7) is 0. The molecule has 0 saturated carbocycles. The molecule has 3 nitrogen and oxygen atoms in total. The average molecular weight is 227 g/mol. The molecular weight excluding hydrogens is 214 g/mol. The maximum atomic E-state index is 10.8. The minimum atomic E-state index is -0.826. The van der Waals surface area contributed by atoms with E-state index in [0.717, 1.165) is 16.7 Å². The number of benzene rings is 2. The number of carboxylic acids is 1. The number of nitrogens with two attached hydrogens (primary N) is 1. The van der Waals surface area contributed by atoms with Crippen LogP contribution in [0.4, 0.5) is 5.69 Å². The molecule has 0 atom stereocenters.